The fourth-order valence-corrected chi connectivity index (χ4v) is 3.50. The molecule has 1 aromatic carbocycles. The van der Waals surface area contributed by atoms with Gasteiger partial charge in [0.1, 0.15) is 0 Å². The molecule has 2 heterocycles. The highest BCUT2D eigenvalue weighted by atomic mass is 16.6. The molecule has 0 bridgehead atoms. The molecule has 1 atom stereocenters. The van der Waals surface area contributed by atoms with Crippen LogP contribution >= 0.6 is 0 Å². The third-order valence-corrected chi connectivity index (χ3v) is 5.38. The van der Waals surface area contributed by atoms with Gasteiger partial charge in [-0.1, -0.05) is 24.1 Å². The second-order valence-corrected chi connectivity index (χ2v) is 7.44. The summed E-state index contributed by atoms with van der Waals surface area (Å²) in [4.78, 5) is 18.5. The lowest BCUT2D eigenvalue weighted by atomic mass is 9.99. The van der Waals surface area contributed by atoms with E-state index in [0.29, 0.717) is 12.3 Å². The molecule has 6 nitrogen and oxygen atoms in total. The lowest BCUT2D eigenvalue weighted by molar-refractivity contribution is 0.138. The van der Waals surface area contributed by atoms with Gasteiger partial charge in [-0.15, -0.1) is 6.42 Å². The van der Waals surface area contributed by atoms with Crippen molar-refractivity contribution in [3.63, 3.8) is 0 Å². The van der Waals surface area contributed by atoms with E-state index in [1.54, 1.807) is 11.9 Å². The van der Waals surface area contributed by atoms with Crippen molar-refractivity contribution < 1.29 is 9.53 Å². The first-order chi connectivity index (χ1) is 13.5. The van der Waals surface area contributed by atoms with E-state index in [1.807, 2.05) is 13.0 Å². The Hall–Kier alpha value is -2.49. The first kappa shape index (κ1) is 20.2. The molecule has 0 saturated carbocycles. The van der Waals surface area contributed by atoms with E-state index >= 15 is 0 Å². The molecule has 1 amide bonds. The number of hydrogen-bond acceptors (Lipinski definition) is 5. The fraction of sp³-hybridized carbons (Fsp3) is 0.500. The van der Waals surface area contributed by atoms with Gasteiger partial charge in [0.15, 0.2) is 5.75 Å². The molecule has 1 unspecified atom stereocenters. The number of anilines is 1. The van der Waals surface area contributed by atoms with Crippen LogP contribution in [0.5, 0.6) is 5.75 Å². The summed E-state index contributed by atoms with van der Waals surface area (Å²) in [5.74, 6) is 3.31. The number of nitrogens with zero attached hydrogens (tertiary/aromatic N) is 3. The number of terminal acetylenes is 1. The Bertz CT molecular complexity index is 775. The van der Waals surface area contributed by atoms with Crippen LogP contribution in [-0.2, 0) is 6.54 Å². The Morgan fingerprint density at radius 3 is 2.71 bits per heavy atom. The number of rotatable bonds is 5. The largest absolute Gasteiger partial charge is 0.415 e. The van der Waals surface area contributed by atoms with Crippen LogP contribution in [0.15, 0.2) is 18.2 Å². The zero-order valence-electron chi connectivity index (χ0n) is 17.1. The average molecular weight is 383 g/mol. The van der Waals surface area contributed by atoms with Crippen molar-refractivity contribution in [3.05, 3.63) is 29.3 Å². The minimum Gasteiger partial charge on any atom is -0.408 e. The topological polar surface area (TPSA) is 48.1 Å². The van der Waals surface area contributed by atoms with Crippen molar-refractivity contribution in [3.8, 4) is 18.1 Å². The fourth-order valence-electron chi connectivity index (χ4n) is 3.50. The van der Waals surface area contributed by atoms with Crippen LogP contribution < -0.4 is 10.1 Å². The number of fused-ring (bicyclic) bond motifs is 1. The maximum atomic E-state index is 12.2. The highest BCUT2D eigenvalue weighted by Crippen LogP contribution is 2.36. The molecule has 0 spiro atoms. The number of amides is 1. The lowest BCUT2D eigenvalue weighted by Gasteiger charge is -2.34. The van der Waals surface area contributed by atoms with Gasteiger partial charge >= 0.3 is 6.09 Å². The zero-order chi connectivity index (χ0) is 20.1. The molecule has 0 radical (unpaired) electrons. The van der Waals surface area contributed by atoms with Crippen LogP contribution in [0, 0.1) is 12.3 Å². The van der Waals surface area contributed by atoms with Crippen molar-refractivity contribution in [2.45, 2.75) is 26.4 Å². The summed E-state index contributed by atoms with van der Waals surface area (Å²) < 4.78 is 5.65. The maximum absolute atomic E-state index is 12.2. The highest BCUT2D eigenvalue weighted by molar-refractivity contribution is 5.81. The molecule has 1 N–H and O–H groups in total. The van der Waals surface area contributed by atoms with Crippen LogP contribution in [0.2, 0.25) is 0 Å². The van der Waals surface area contributed by atoms with E-state index in [2.05, 4.69) is 46.2 Å². The molecule has 1 aromatic rings. The van der Waals surface area contributed by atoms with Gasteiger partial charge in [0.2, 0.25) is 0 Å². The monoisotopic (exact) mass is 382 g/mol. The van der Waals surface area contributed by atoms with E-state index in [1.165, 1.54) is 5.56 Å². The molecule has 1 fully saturated rings. The van der Waals surface area contributed by atoms with Crippen LogP contribution in [0.4, 0.5) is 10.5 Å². The second kappa shape index (κ2) is 9.13. The molecular weight excluding hydrogens is 352 g/mol. The van der Waals surface area contributed by atoms with Crippen molar-refractivity contribution in [2.24, 2.45) is 0 Å². The number of piperazine rings is 1. The molecule has 6 heteroatoms. The van der Waals surface area contributed by atoms with Crippen molar-refractivity contribution in [1.29, 1.82) is 0 Å². The Labute approximate surface area is 168 Å². The van der Waals surface area contributed by atoms with Crippen LogP contribution in [0.3, 0.4) is 0 Å². The molecule has 2 aliphatic rings. The van der Waals surface area contributed by atoms with E-state index < -0.39 is 0 Å². The summed E-state index contributed by atoms with van der Waals surface area (Å²) in [6.07, 6.45) is 9.36. The molecule has 28 heavy (non-hydrogen) atoms. The van der Waals surface area contributed by atoms with E-state index in [4.69, 9.17) is 11.2 Å². The van der Waals surface area contributed by atoms with Gasteiger partial charge in [0.05, 0.1) is 12.2 Å². The maximum Gasteiger partial charge on any atom is 0.415 e. The highest BCUT2D eigenvalue weighted by Gasteiger charge is 2.23. The predicted octanol–water partition coefficient (Wildman–Crippen LogP) is 2.72. The lowest BCUT2D eigenvalue weighted by Crippen LogP contribution is -2.45. The SMILES string of the molecule is C#CCN1CCN(Cc2ccc(OC(=O)N(C)CC)c3c2C=CC(C)N3)CC1. The number of hydrogen-bond donors (Lipinski definition) is 1. The smallest absolute Gasteiger partial charge is 0.408 e. The third kappa shape index (κ3) is 4.67. The normalized spacial score (nSPS) is 19.4. The third-order valence-electron chi connectivity index (χ3n) is 5.38. The molecule has 2 aliphatic heterocycles. The van der Waals surface area contributed by atoms with Crippen molar-refractivity contribution in [2.75, 3.05) is 51.6 Å². The molecule has 150 valence electrons. The van der Waals surface area contributed by atoms with Gasteiger partial charge in [-0.3, -0.25) is 9.80 Å². The van der Waals surface area contributed by atoms with Crippen LogP contribution in [-0.4, -0.2) is 73.2 Å². The van der Waals surface area contributed by atoms with Gasteiger partial charge in [0.25, 0.3) is 0 Å². The van der Waals surface area contributed by atoms with Crippen molar-refractivity contribution in [1.82, 2.24) is 14.7 Å². The van der Waals surface area contributed by atoms with Crippen molar-refractivity contribution >= 4 is 17.9 Å². The number of carbonyl (C=O) groups is 1. The molecule has 3 rings (SSSR count). The quantitative estimate of drug-likeness (QED) is 0.794. The Morgan fingerprint density at radius 2 is 2.04 bits per heavy atom. The van der Waals surface area contributed by atoms with Gasteiger partial charge in [-0.2, -0.15) is 0 Å². The first-order valence-electron chi connectivity index (χ1n) is 9.93. The molecule has 0 aromatic heterocycles. The summed E-state index contributed by atoms with van der Waals surface area (Å²) in [6.45, 7) is 10.2. The standard InChI is InChI=1S/C22H30N4O2/c1-5-11-25-12-14-26(15-13-25)16-18-8-10-20(28-22(27)24(4)6-2)21-19(18)9-7-17(3)23-21/h1,7-10,17,23H,6,11-16H2,2-4H3. The summed E-state index contributed by atoms with van der Waals surface area (Å²) >= 11 is 0. The Morgan fingerprint density at radius 1 is 1.32 bits per heavy atom. The van der Waals surface area contributed by atoms with E-state index in [9.17, 15) is 4.79 Å². The second-order valence-electron chi connectivity index (χ2n) is 7.44. The zero-order valence-corrected chi connectivity index (χ0v) is 17.1. The van der Waals surface area contributed by atoms with Gasteiger partial charge in [-0.25, -0.2) is 4.79 Å². The van der Waals surface area contributed by atoms with Gasteiger partial charge in [0, 0.05) is 57.9 Å². The molecule has 1 saturated heterocycles. The molecule has 0 aliphatic carbocycles. The summed E-state index contributed by atoms with van der Waals surface area (Å²) in [5, 5.41) is 3.46. The summed E-state index contributed by atoms with van der Waals surface area (Å²) in [6, 6.07) is 4.17. The van der Waals surface area contributed by atoms with Crippen LogP contribution in [0.25, 0.3) is 6.08 Å². The minimum absolute atomic E-state index is 0.191. The number of carbonyl (C=O) groups excluding carboxylic acids is 1. The van der Waals surface area contributed by atoms with E-state index in [-0.39, 0.29) is 12.1 Å². The predicted molar refractivity (Wildman–Crippen MR) is 113 cm³/mol. The number of nitrogens with one attached hydrogen (secondary N) is 1. The van der Waals surface area contributed by atoms with E-state index in [0.717, 1.165) is 50.5 Å². The Balaban J connectivity index is 1.77. The number of benzene rings is 1. The van der Waals surface area contributed by atoms with Crippen LogP contribution in [0.1, 0.15) is 25.0 Å². The minimum atomic E-state index is -0.342. The summed E-state index contributed by atoms with van der Waals surface area (Å²) in [7, 11) is 1.74. The van der Waals surface area contributed by atoms with Gasteiger partial charge in [-0.05, 0) is 25.5 Å². The average Bonchev–Trinajstić information content (AvgIpc) is 2.70. The first-order valence-corrected chi connectivity index (χ1v) is 9.93. The molecular formula is C22H30N4O2. The summed E-state index contributed by atoms with van der Waals surface area (Å²) in [5.41, 5.74) is 3.24. The Kier molecular flexibility index (Phi) is 6.61. The number of ether oxygens (including phenoxy) is 1. The van der Waals surface area contributed by atoms with Gasteiger partial charge < -0.3 is 15.0 Å².